The smallest absolute Gasteiger partial charge is 0.211 e. The van der Waals surface area contributed by atoms with Gasteiger partial charge < -0.3 is 0 Å². The topological polar surface area (TPSA) is 50.3 Å². The highest BCUT2D eigenvalue weighted by Crippen LogP contribution is 2.31. The maximum atomic E-state index is 11.5. The first-order valence-corrected chi connectivity index (χ1v) is 6.11. The van der Waals surface area contributed by atoms with Crippen molar-refractivity contribution in [1.82, 2.24) is 9.29 Å². The molecule has 0 fully saturated rings. The number of hydrogen-bond donors (Lipinski definition) is 0. The van der Waals surface area contributed by atoms with E-state index >= 15 is 0 Å². The van der Waals surface area contributed by atoms with Crippen LogP contribution in [0.4, 0.5) is 0 Å². The van der Waals surface area contributed by atoms with Gasteiger partial charge in [0, 0.05) is 14.1 Å². The fourth-order valence-corrected chi connectivity index (χ4v) is 3.74. The number of halogens is 2. The van der Waals surface area contributed by atoms with Gasteiger partial charge in [0.25, 0.3) is 10.0 Å². The molecule has 0 aliphatic rings. The molecule has 1 heterocycles. The molecule has 1 aromatic heterocycles. The molecule has 0 saturated heterocycles. The van der Waals surface area contributed by atoms with Gasteiger partial charge in [-0.05, 0) is 0 Å². The highest BCUT2D eigenvalue weighted by Gasteiger charge is 2.24. The minimum atomic E-state index is -3.51. The first kappa shape index (κ1) is 11.2. The lowest BCUT2D eigenvalue weighted by Crippen LogP contribution is -2.21. The third kappa shape index (κ3) is 2.13. The van der Waals surface area contributed by atoms with Gasteiger partial charge in [-0.2, -0.15) is 0 Å². The monoisotopic (exact) mass is 260 g/mol. The molecule has 0 saturated carbocycles. The van der Waals surface area contributed by atoms with Crippen molar-refractivity contribution >= 4 is 44.6 Å². The first-order chi connectivity index (χ1) is 5.85. The number of rotatable bonds is 2. The Hall–Kier alpha value is 0.120. The second kappa shape index (κ2) is 3.70. The van der Waals surface area contributed by atoms with Crippen LogP contribution in [-0.4, -0.2) is 31.8 Å². The van der Waals surface area contributed by atoms with Crippen LogP contribution in [0.1, 0.15) is 0 Å². The summed E-state index contributed by atoms with van der Waals surface area (Å²) in [5, 5.41) is -0.0799. The van der Waals surface area contributed by atoms with Gasteiger partial charge in [0.05, 0.1) is 0 Å². The zero-order valence-electron chi connectivity index (χ0n) is 6.78. The summed E-state index contributed by atoms with van der Waals surface area (Å²) in [7, 11) is -0.682. The Labute approximate surface area is 90.1 Å². The van der Waals surface area contributed by atoms with E-state index in [2.05, 4.69) is 4.98 Å². The van der Waals surface area contributed by atoms with Crippen LogP contribution in [-0.2, 0) is 10.0 Å². The van der Waals surface area contributed by atoms with Gasteiger partial charge in [-0.25, -0.2) is 17.7 Å². The molecular weight excluding hydrogens is 255 g/mol. The van der Waals surface area contributed by atoms with E-state index in [1.165, 1.54) is 14.1 Å². The predicted octanol–water partition coefficient (Wildman–Crippen LogP) is 1.70. The molecule has 0 N–H and O–H groups in total. The fourth-order valence-electron chi connectivity index (χ4n) is 0.589. The molecule has 0 aromatic carbocycles. The second-order valence-electron chi connectivity index (χ2n) is 2.33. The minimum absolute atomic E-state index is 0.0239. The number of nitrogens with zero attached hydrogens (tertiary/aromatic N) is 2. The summed E-state index contributed by atoms with van der Waals surface area (Å²) in [5.74, 6) is 0. The van der Waals surface area contributed by atoms with E-state index < -0.39 is 10.0 Å². The van der Waals surface area contributed by atoms with Crippen molar-refractivity contribution in [3.05, 3.63) is 9.62 Å². The highest BCUT2D eigenvalue weighted by molar-refractivity contribution is 7.91. The Morgan fingerprint density at radius 3 is 2.23 bits per heavy atom. The van der Waals surface area contributed by atoms with E-state index in [9.17, 15) is 8.42 Å². The average Bonchev–Trinajstić information content (AvgIpc) is 2.30. The largest absolute Gasteiger partial charge is 0.255 e. The van der Waals surface area contributed by atoms with Gasteiger partial charge >= 0.3 is 0 Å². The van der Waals surface area contributed by atoms with E-state index in [1.54, 1.807) is 0 Å². The van der Waals surface area contributed by atoms with Crippen LogP contribution in [0.25, 0.3) is 0 Å². The van der Waals surface area contributed by atoms with E-state index in [0.717, 1.165) is 15.6 Å². The predicted molar refractivity (Wildman–Crippen MR) is 53.0 cm³/mol. The molecule has 13 heavy (non-hydrogen) atoms. The van der Waals surface area contributed by atoms with Crippen molar-refractivity contribution in [2.45, 2.75) is 4.21 Å². The summed E-state index contributed by atoms with van der Waals surface area (Å²) < 4.78 is 24.2. The Bertz CT molecular complexity index is 412. The number of sulfonamides is 1. The summed E-state index contributed by atoms with van der Waals surface area (Å²) in [6.45, 7) is 0. The second-order valence-corrected chi connectivity index (χ2v) is 6.62. The Kier molecular flexibility index (Phi) is 3.19. The van der Waals surface area contributed by atoms with Crippen LogP contribution in [0.3, 0.4) is 0 Å². The molecule has 1 rings (SSSR count). The Morgan fingerprint density at radius 2 is 1.92 bits per heavy atom. The molecule has 0 radical (unpaired) electrons. The molecule has 0 bridgehead atoms. The summed E-state index contributed by atoms with van der Waals surface area (Å²) in [6.07, 6.45) is 0. The number of hydrogen-bond acceptors (Lipinski definition) is 4. The molecule has 74 valence electrons. The normalized spacial score (nSPS) is 12.4. The molecule has 0 amide bonds. The summed E-state index contributed by atoms with van der Waals surface area (Å²) in [4.78, 5) is 3.60. The van der Waals surface area contributed by atoms with E-state index in [1.807, 2.05) is 0 Å². The molecule has 0 atom stereocenters. The Balaban J connectivity index is 3.31. The van der Waals surface area contributed by atoms with Crippen molar-refractivity contribution in [1.29, 1.82) is 0 Å². The maximum absolute atomic E-state index is 11.5. The van der Waals surface area contributed by atoms with Crippen molar-refractivity contribution in [2.75, 3.05) is 14.1 Å². The maximum Gasteiger partial charge on any atom is 0.255 e. The quantitative estimate of drug-likeness (QED) is 0.814. The summed E-state index contributed by atoms with van der Waals surface area (Å²) in [5.41, 5.74) is 0. The van der Waals surface area contributed by atoms with Gasteiger partial charge in [-0.15, -0.1) is 0 Å². The van der Waals surface area contributed by atoms with E-state index in [-0.39, 0.29) is 13.8 Å². The molecule has 0 spiro atoms. The molecule has 0 unspecified atom stereocenters. The third-order valence-electron chi connectivity index (χ3n) is 1.25. The average molecular weight is 261 g/mol. The van der Waals surface area contributed by atoms with E-state index in [0.29, 0.717) is 0 Å². The third-order valence-corrected chi connectivity index (χ3v) is 5.20. The molecular formula is C5H6Cl2N2O2S2. The van der Waals surface area contributed by atoms with Crippen molar-refractivity contribution in [3.63, 3.8) is 0 Å². The van der Waals surface area contributed by atoms with E-state index in [4.69, 9.17) is 23.2 Å². The highest BCUT2D eigenvalue weighted by atomic mass is 35.5. The molecule has 8 heteroatoms. The van der Waals surface area contributed by atoms with Gasteiger partial charge in [-0.3, -0.25) is 0 Å². The van der Waals surface area contributed by atoms with Crippen molar-refractivity contribution < 1.29 is 8.42 Å². The summed E-state index contributed by atoms with van der Waals surface area (Å²) >= 11 is 11.9. The van der Waals surface area contributed by atoms with Gasteiger partial charge in [0.15, 0.2) is 13.8 Å². The SMILES string of the molecule is CN(C)S(=O)(=O)c1sc(Cl)nc1Cl. The van der Waals surface area contributed by atoms with Crippen molar-refractivity contribution in [2.24, 2.45) is 0 Å². The molecule has 0 aliphatic heterocycles. The zero-order valence-corrected chi connectivity index (χ0v) is 9.93. The lowest BCUT2D eigenvalue weighted by atomic mass is 11.0. The van der Waals surface area contributed by atoms with Crippen LogP contribution in [0, 0.1) is 0 Å². The molecule has 1 aromatic rings. The van der Waals surface area contributed by atoms with Gasteiger partial charge in [-0.1, -0.05) is 34.5 Å². The molecule has 4 nitrogen and oxygen atoms in total. The van der Waals surface area contributed by atoms with Crippen LogP contribution in [0.15, 0.2) is 4.21 Å². The van der Waals surface area contributed by atoms with Crippen molar-refractivity contribution in [3.8, 4) is 0 Å². The first-order valence-electron chi connectivity index (χ1n) is 3.10. The van der Waals surface area contributed by atoms with Crippen LogP contribution >= 0.6 is 34.5 Å². The van der Waals surface area contributed by atoms with Gasteiger partial charge in [0.1, 0.15) is 0 Å². The van der Waals surface area contributed by atoms with Gasteiger partial charge in [0.2, 0.25) is 0 Å². The fraction of sp³-hybridized carbons (Fsp3) is 0.400. The minimum Gasteiger partial charge on any atom is -0.211 e. The van der Waals surface area contributed by atoms with Crippen LogP contribution in [0.5, 0.6) is 0 Å². The van der Waals surface area contributed by atoms with Crippen LogP contribution < -0.4 is 0 Å². The molecule has 0 aliphatic carbocycles. The lowest BCUT2D eigenvalue weighted by Gasteiger charge is -2.08. The standard InChI is InChI=1S/C5H6Cl2N2O2S2/c1-9(2)13(10,11)4-3(6)8-5(7)12-4/h1-2H3. The zero-order chi connectivity index (χ0) is 10.2. The number of aromatic nitrogens is 1. The number of thiazole rings is 1. The van der Waals surface area contributed by atoms with Crippen LogP contribution in [0.2, 0.25) is 9.62 Å². The Morgan fingerprint density at radius 1 is 1.38 bits per heavy atom. The summed E-state index contributed by atoms with van der Waals surface area (Å²) in [6, 6.07) is 0. The lowest BCUT2D eigenvalue weighted by molar-refractivity contribution is 0.523.